The molecule has 1 aliphatic heterocycles. The Kier molecular flexibility index (Phi) is 3.88. The van der Waals surface area contributed by atoms with E-state index in [1.54, 1.807) is 54.5 Å². The zero-order valence-corrected chi connectivity index (χ0v) is 14.3. The molecule has 2 aromatic carbocycles. The lowest BCUT2D eigenvalue weighted by Crippen LogP contribution is -2.35. The number of hydrogen-bond donors (Lipinski definition) is 2. The molecule has 26 heavy (non-hydrogen) atoms. The zero-order valence-electron chi connectivity index (χ0n) is 14.3. The molecule has 4 rings (SSSR count). The fourth-order valence-corrected chi connectivity index (χ4v) is 3.46. The molecule has 0 aliphatic carbocycles. The van der Waals surface area contributed by atoms with Crippen LogP contribution < -0.4 is 4.74 Å². The third-order valence-corrected chi connectivity index (χ3v) is 4.83. The molecule has 2 N–H and O–H groups in total. The smallest absolute Gasteiger partial charge is 0.335 e. The van der Waals surface area contributed by atoms with E-state index in [1.807, 2.05) is 0 Å². The molecular formula is C20H18N2O4. The first-order chi connectivity index (χ1) is 12.6. The van der Waals surface area contributed by atoms with Crippen molar-refractivity contribution in [3.8, 4) is 5.75 Å². The molecule has 1 aromatic heterocycles. The van der Waals surface area contributed by atoms with E-state index in [0.717, 1.165) is 22.2 Å². The van der Waals surface area contributed by atoms with E-state index in [2.05, 4.69) is 4.98 Å². The normalized spacial score (nSPS) is 13.5. The second kappa shape index (κ2) is 6.22. The fraction of sp³-hybridized carbons (Fsp3) is 0.200. The second-order valence-electron chi connectivity index (χ2n) is 6.36. The van der Waals surface area contributed by atoms with Crippen LogP contribution in [0.25, 0.3) is 10.9 Å². The van der Waals surface area contributed by atoms with Crippen molar-refractivity contribution in [2.24, 2.45) is 0 Å². The molecule has 1 aliphatic rings. The van der Waals surface area contributed by atoms with Crippen LogP contribution in [-0.4, -0.2) is 40.5 Å². The van der Waals surface area contributed by atoms with Crippen LogP contribution in [0.15, 0.2) is 42.5 Å². The van der Waals surface area contributed by atoms with Crippen molar-refractivity contribution in [1.29, 1.82) is 0 Å². The lowest BCUT2D eigenvalue weighted by atomic mass is 10.0. The van der Waals surface area contributed by atoms with Crippen LogP contribution in [0, 0.1) is 0 Å². The van der Waals surface area contributed by atoms with Gasteiger partial charge in [-0.05, 0) is 36.4 Å². The van der Waals surface area contributed by atoms with E-state index >= 15 is 0 Å². The number of aromatic carboxylic acids is 1. The number of carboxylic acid groups (broad SMARTS) is 1. The van der Waals surface area contributed by atoms with Crippen LogP contribution in [0.3, 0.4) is 0 Å². The Bertz CT molecular complexity index is 1020. The van der Waals surface area contributed by atoms with Crippen molar-refractivity contribution in [2.45, 2.75) is 13.0 Å². The maximum absolute atomic E-state index is 12.9. The van der Waals surface area contributed by atoms with Gasteiger partial charge in [0.1, 0.15) is 5.75 Å². The molecule has 0 saturated heterocycles. The highest BCUT2D eigenvalue weighted by Gasteiger charge is 2.25. The number of rotatable bonds is 3. The summed E-state index contributed by atoms with van der Waals surface area (Å²) in [7, 11) is 1.57. The fourth-order valence-electron chi connectivity index (χ4n) is 3.46. The van der Waals surface area contributed by atoms with Crippen LogP contribution in [0.5, 0.6) is 5.75 Å². The highest BCUT2D eigenvalue weighted by atomic mass is 16.5. The number of hydrogen-bond acceptors (Lipinski definition) is 3. The second-order valence-corrected chi connectivity index (χ2v) is 6.36. The summed E-state index contributed by atoms with van der Waals surface area (Å²) in [5, 5.41) is 10.1. The van der Waals surface area contributed by atoms with E-state index in [0.29, 0.717) is 30.8 Å². The number of nitrogens with one attached hydrogen (secondary N) is 1. The summed E-state index contributed by atoms with van der Waals surface area (Å²) in [6.07, 6.45) is 0.710. The van der Waals surface area contributed by atoms with Gasteiger partial charge < -0.3 is 19.7 Å². The number of benzene rings is 2. The van der Waals surface area contributed by atoms with E-state index in [4.69, 9.17) is 4.74 Å². The predicted molar refractivity (Wildman–Crippen MR) is 96.7 cm³/mol. The molecule has 2 heterocycles. The molecule has 0 spiro atoms. The molecule has 0 radical (unpaired) electrons. The highest BCUT2D eigenvalue weighted by molar-refractivity contribution is 5.97. The van der Waals surface area contributed by atoms with Crippen molar-refractivity contribution >= 4 is 22.8 Å². The van der Waals surface area contributed by atoms with Crippen LogP contribution in [0.2, 0.25) is 0 Å². The molecule has 132 valence electrons. The quantitative estimate of drug-likeness (QED) is 0.760. The number of nitrogens with zero attached hydrogens (tertiary/aromatic N) is 1. The largest absolute Gasteiger partial charge is 0.497 e. The van der Waals surface area contributed by atoms with Crippen molar-refractivity contribution < 1.29 is 19.4 Å². The average molecular weight is 350 g/mol. The lowest BCUT2D eigenvalue weighted by Gasteiger charge is -2.27. The van der Waals surface area contributed by atoms with Gasteiger partial charge in [0, 0.05) is 47.2 Å². The third kappa shape index (κ3) is 2.69. The number of methoxy groups -OCH3 is 1. The minimum Gasteiger partial charge on any atom is -0.497 e. The monoisotopic (exact) mass is 350 g/mol. The Hall–Kier alpha value is -3.28. The summed E-state index contributed by atoms with van der Waals surface area (Å²) in [4.78, 5) is 29.3. The topological polar surface area (TPSA) is 82.6 Å². The van der Waals surface area contributed by atoms with Gasteiger partial charge in [-0.25, -0.2) is 4.79 Å². The van der Waals surface area contributed by atoms with E-state index < -0.39 is 5.97 Å². The predicted octanol–water partition coefficient (Wildman–Crippen LogP) is 3.07. The van der Waals surface area contributed by atoms with Crippen LogP contribution in [-0.2, 0) is 13.0 Å². The Morgan fingerprint density at radius 1 is 1.15 bits per heavy atom. The maximum Gasteiger partial charge on any atom is 0.335 e. The number of ether oxygens (including phenoxy) is 1. The van der Waals surface area contributed by atoms with Gasteiger partial charge in [-0.2, -0.15) is 0 Å². The molecule has 0 atom stereocenters. The Balaban J connectivity index is 1.68. The lowest BCUT2D eigenvalue weighted by molar-refractivity contribution is 0.0694. The van der Waals surface area contributed by atoms with E-state index in [9.17, 15) is 14.7 Å². The molecule has 1 amide bonds. The number of fused-ring (bicyclic) bond motifs is 3. The van der Waals surface area contributed by atoms with Gasteiger partial charge in [0.05, 0.1) is 12.7 Å². The molecular weight excluding hydrogens is 332 g/mol. The molecule has 0 unspecified atom stereocenters. The number of carboxylic acids is 1. The van der Waals surface area contributed by atoms with Crippen molar-refractivity contribution in [3.63, 3.8) is 0 Å². The summed E-state index contributed by atoms with van der Waals surface area (Å²) >= 11 is 0. The number of carbonyl (C=O) groups is 2. The van der Waals surface area contributed by atoms with Gasteiger partial charge >= 0.3 is 5.97 Å². The summed E-state index contributed by atoms with van der Waals surface area (Å²) in [5.74, 6) is -0.369. The van der Waals surface area contributed by atoms with Gasteiger partial charge in [-0.15, -0.1) is 0 Å². The molecule has 3 aromatic rings. The van der Waals surface area contributed by atoms with Gasteiger partial charge in [0.15, 0.2) is 0 Å². The zero-order chi connectivity index (χ0) is 18.3. The Labute approximate surface area is 150 Å². The molecule has 6 nitrogen and oxygen atoms in total. The minimum absolute atomic E-state index is 0.0571. The maximum atomic E-state index is 12.9. The van der Waals surface area contributed by atoms with Gasteiger partial charge in [0.25, 0.3) is 5.91 Å². The summed E-state index contributed by atoms with van der Waals surface area (Å²) < 4.78 is 5.20. The highest BCUT2D eigenvalue weighted by Crippen LogP contribution is 2.29. The number of aromatic amines is 1. The number of amides is 1. The standard InChI is InChI=1S/C20H18N2O4/c1-26-14-4-2-3-12(9-14)19(23)22-8-7-18-16(11-22)15-10-13(20(24)25)5-6-17(15)21-18/h2-6,9-10,21H,7-8,11H2,1H3,(H,24,25). The van der Waals surface area contributed by atoms with Crippen molar-refractivity contribution in [3.05, 3.63) is 64.8 Å². The first-order valence-corrected chi connectivity index (χ1v) is 8.37. The van der Waals surface area contributed by atoms with Crippen molar-refractivity contribution in [2.75, 3.05) is 13.7 Å². The van der Waals surface area contributed by atoms with Gasteiger partial charge in [-0.1, -0.05) is 6.07 Å². The Morgan fingerprint density at radius 3 is 2.77 bits per heavy atom. The number of H-pyrrole nitrogens is 1. The third-order valence-electron chi connectivity index (χ3n) is 4.83. The molecule has 0 fully saturated rings. The number of aromatic nitrogens is 1. The minimum atomic E-state index is -0.957. The van der Waals surface area contributed by atoms with Crippen molar-refractivity contribution in [1.82, 2.24) is 9.88 Å². The summed E-state index contributed by atoms with van der Waals surface area (Å²) in [6.45, 7) is 1.07. The molecule has 0 saturated carbocycles. The average Bonchev–Trinajstić information content (AvgIpc) is 3.04. The first-order valence-electron chi connectivity index (χ1n) is 8.37. The first kappa shape index (κ1) is 16.2. The van der Waals surface area contributed by atoms with Crippen LogP contribution in [0.1, 0.15) is 32.0 Å². The number of carbonyl (C=O) groups excluding carboxylic acids is 1. The SMILES string of the molecule is COc1cccc(C(=O)N2CCc3[nH]c4ccc(C(=O)O)cc4c3C2)c1. The van der Waals surface area contributed by atoms with E-state index in [1.165, 1.54) is 0 Å². The van der Waals surface area contributed by atoms with Gasteiger partial charge in [0.2, 0.25) is 0 Å². The molecule has 0 bridgehead atoms. The van der Waals surface area contributed by atoms with E-state index in [-0.39, 0.29) is 11.5 Å². The van der Waals surface area contributed by atoms with Crippen LogP contribution >= 0.6 is 0 Å². The van der Waals surface area contributed by atoms with Crippen LogP contribution in [0.4, 0.5) is 0 Å². The summed E-state index contributed by atoms with van der Waals surface area (Å²) in [5.41, 5.74) is 3.79. The Morgan fingerprint density at radius 2 is 2.00 bits per heavy atom. The van der Waals surface area contributed by atoms with Gasteiger partial charge in [-0.3, -0.25) is 4.79 Å². The molecule has 6 heteroatoms. The summed E-state index contributed by atoms with van der Waals surface area (Å²) in [6, 6.07) is 12.2.